The van der Waals surface area contributed by atoms with Crippen LogP contribution in [0.5, 0.6) is 5.75 Å². The molecule has 2 heteroatoms. The van der Waals surface area contributed by atoms with Gasteiger partial charge in [-0.05, 0) is 44.0 Å². The van der Waals surface area contributed by atoms with E-state index in [0.29, 0.717) is 10.8 Å². The molecule has 0 bridgehead atoms. The van der Waals surface area contributed by atoms with Crippen molar-refractivity contribution in [2.75, 3.05) is 0 Å². The maximum absolute atomic E-state index is 5.98. The van der Waals surface area contributed by atoms with Crippen molar-refractivity contribution in [1.82, 2.24) is 0 Å². The average molecular weight is 197 g/mol. The van der Waals surface area contributed by atoms with E-state index in [1.165, 1.54) is 11.1 Å². The second-order valence-electron chi connectivity index (χ2n) is 2.95. The molecule has 1 rings (SSSR count). The third-order valence-electron chi connectivity index (χ3n) is 1.88. The number of hydrogen-bond donors (Lipinski definition) is 0. The molecule has 0 spiro atoms. The maximum atomic E-state index is 5.98. The van der Waals surface area contributed by atoms with Gasteiger partial charge in [0.1, 0.15) is 5.75 Å². The number of aryl methyl sites for hydroxylation is 2. The molecule has 0 unspecified atom stereocenters. The minimum atomic E-state index is 0.654. The van der Waals surface area contributed by atoms with Crippen molar-refractivity contribution in [2.24, 2.45) is 0 Å². The van der Waals surface area contributed by atoms with Crippen LogP contribution in [-0.2, 0) is 0 Å². The predicted molar refractivity (Wildman–Crippen MR) is 56.4 cm³/mol. The highest BCUT2D eigenvalue weighted by atomic mass is 35.5. The molecule has 1 aromatic rings. The Bertz CT molecular complexity index is 329. The maximum Gasteiger partial charge on any atom is 0.145 e. The Balaban J connectivity index is 3.01. The van der Waals surface area contributed by atoms with E-state index in [0.717, 1.165) is 0 Å². The van der Waals surface area contributed by atoms with Crippen LogP contribution in [0, 0.1) is 13.8 Å². The van der Waals surface area contributed by atoms with Gasteiger partial charge in [0.15, 0.2) is 0 Å². The summed E-state index contributed by atoms with van der Waals surface area (Å²) in [6, 6.07) is 3.85. The molecule has 1 aromatic carbocycles. The Morgan fingerprint density at radius 3 is 2.46 bits per heavy atom. The Morgan fingerprint density at radius 2 is 1.85 bits per heavy atom. The van der Waals surface area contributed by atoms with Crippen molar-refractivity contribution in [3.8, 4) is 5.75 Å². The highest BCUT2D eigenvalue weighted by molar-refractivity contribution is 6.32. The third-order valence-corrected chi connectivity index (χ3v) is 2.17. The first kappa shape index (κ1) is 10.1. The van der Waals surface area contributed by atoms with E-state index in [1.807, 2.05) is 39.0 Å². The first-order valence-corrected chi connectivity index (χ1v) is 4.57. The second-order valence-corrected chi connectivity index (χ2v) is 3.36. The van der Waals surface area contributed by atoms with Gasteiger partial charge < -0.3 is 4.74 Å². The predicted octanol–water partition coefficient (Wildman–Crippen LogP) is 3.87. The number of hydrogen-bond acceptors (Lipinski definition) is 1. The lowest BCUT2D eigenvalue weighted by atomic mass is 10.1. The van der Waals surface area contributed by atoms with E-state index in [2.05, 4.69) is 0 Å². The van der Waals surface area contributed by atoms with Crippen LogP contribution in [0.2, 0.25) is 5.02 Å². The van der Waals surface area contributed by atoms with Crippen molar-refractivity contribution in [3.05, 3.63) is 40.6 Å². The van der Waals surface area contributed by atoms with Gasteiger partial charge in [-0.25, -0.2) is 0 Å². The van der Waals surface area contributed by atoms with Gasteiger partial charge in [-0.2, -0.15) is 0 Å². The fourth-order valence-electron chi connectivity index (χ4n) is 0.986. The first-order valence-electron chi connectivity index (χ1n) is 4.19. The van der Waals surface area contributed by atoms with Crippen LogP contribution in [0.1, 0.15) is 18.1 Å². The SMILES string of the molecule is C/C=C\Oc1cc(C)c(C)cc1Cl. The van der Waals surface area contributed by atoms with Crippen LogP contribution < -0.4 is 4.74 Å². The van der Waals surface area contributed by atoms with Crippen LogP contribution in [0.4, 0.5) is 0 Å². The van der Waals surface area contributed by atoms with E-state index < -0.39 is 0 Å². The summed E-state index contributed by atoms with van der Waals surface area (Å²) in [4.78, 5) is 0. The first-order chi connectivity index (χ1) is 6.15. The molecule has 1 nitrogen and oxygen atoms in total. The molecule has 70 valence electrons. The minimum Gasteiger partial charge on any atom is -0.464 e. The molecule has 0 saturated carbocycles. The third kappa shape index (κ3) is 2.49. The van der Waals surface area contributed by atoms with Gasteiger partial charge in [0.05, 0.1) is 11.3 Å². The molecule has 0 aliphatic heterocycles. The standard InChI is InChI=1S/C11H13ClO/c1-4-5-13-11-7-9(3)8(2)6-10(11)12/h4-7H,1-3H3/b5-4-. The Hall–Kier alpha value is -0.950. The molecule has 0 N–H and O–H groups in total. The molecule has 0 aliphatic carbocycles. The molecular formula is C11H13ClO. The number of halogens is 1. The van der Waals surface area contributed by atoms with Gasteiger partial charge >= 0.3 is 0 Å². The van der Waals surface area contributed by atoms with E-state index in [4.69, 9.17) is 16.3 Å². The molecule has 0 atom stereocenters. The van der Waals surface area contributed by atoms with Crippen LogP contribution in [0.15, 0.2) is 24.5 Å². The summed E-state index contributed by atoms with van der Waals surface area (Å²) in [6.45, 7) is 5.96. The van der Waals surface area contributed by atoms with Crippen LogP contribution in [0.3, 0.4) is 0 Å². The largest absolute Gasteiger partial charge is 0.464 e. The summed E-state index contributed by atoms with van der Waals surface area (Å²) in [5.74, 6) is 0.711. The summed E-state index contributed by atoms with van der Waals surface area (Å²) in [5.41, 5.74) is 2.36. The molecular weight excluding hydrogens is 184 g/mol. The van der Waals surface area contributed by atoms with E-state index in [9.17, 15) is 0 Å². The minimum absolute atomic E-state index is 0.654. The smallest absolute Gasteiger partial charge is 0.145 e. The average Bonchev–Trinajstić information content (AvgIpc) is 2.09. The topological polar surface area (TPSA) is 9.23 Å². The van der Waals surface area contributed by atoms with Crippen LogP contribution in [0.25, 0.3) is 0 Å². The Labute approximate surface area is 84.0 Å². The molecule has 13 heavy (non-hydrogen) atoms. The molecule has 0 heterocycles. The van der Waals surface area contributed by atoms with Gasteiger partial charge in [-0.1, -0.05) is 17.7 Å². The second kappa shape index (κ2) is 4.33. The lowest BCUT2D eigenvalue weighted by Gasteiger charge is -2.06. The van der Waals surface area contributed by atoms with Crippen molar-refractivity contribution < 1.29 is 4.74 Å². The van der Waals surface area contributed by atoms with Gasteiger partial charge in [0.25, 0.3) is 0 Å². The summed E-state index contributed by atoms with van der Waals surface area (Å²) in [5, 5.41) is 0.654. The number of ether oxygens (including phenoxy) is 1. The van der Waals surface area contributed by atoms with Crippen LogP contribution in [-0.4, -0.2) is 0 Å². The van der Waals surface area contributed by atoms with Gasteiger partial charge in [-0.3, -0.25) is 0 Å². The lowest BCUT2D eigenvalue weighted by Crippen LogP contribution is -1.87. The van der Waals surface area contributed by atoms with Crippen molar-refractivity contribution in [2.45, 2.75) is 20.8 Å². The number of rotatable bonds is 2. The molecule has 0 radical (unpaired) electrons. The van der Waals surface area contributed by atoms with Crippen molar-refractivity contribution in [3.63, 3.8) is 0 Å². The van der Waals surface area contributed by atoms with Gasteiger partial charge in [0.2, 0.25) is 0 Å². The fourth-order valence-corrected chi connectivity index (χ4v) is 1.25. The normalized spacial score (nSPS) is 10.8. The molecule has 0 fully saturated rings. The molecule has 0 aliphatic rings. The lowest BCUT2D eigenvalue weighted by molar-refractivity contribution is 0.480. The number of allylic oxidation sites excluding steroid dienone is 1. The summed E-state index contributed by atoms with van der Waals surface area (Å²) >= 11 is 5.98. The Morgan fingerprint density at radius 1 is 1.23 bits per heavy atom. The fraction of sp³-hybridized carbons (Fsp3) is 0.273. The van der Waals surface area contributed by atoms with E-state index in [-0.39, 0.29) is 0 Å². The van der Waals surface area contributed by atoms with E-state index >= 15 is 0 Å². The highest BCUT2D eigenvalue weighted by Crippen LogP contribution is 2.27. The zero-order chi connectivity index (χ0) is 9.84. The van der Waals surface area contributed by atoms with Crippen molar-refractivity contribution in [1.29, 1.82) is 0 Å². The Kier molecular flexibility index (Phi) is 3.38. The quantitative estimate of drug-likeness (QED) is 0.653. The summed E-state index contributed by atoms with van der Waals surface area (Å²) < 4.78 is 5.31. The van der Waals surface area contributed by atoms with Crippen LogP contribution >= 0.6 is 11.6 Å². The number of benzene rings is 1. The summed E-state index contributed by atoms with van der Waals surface area (Å²) in [7, 11) is 0. The van der Waals surface area contributed by atoms with Gasteiger partial charge in [-0.15, -0.1) is 0 Å². The molecule has 0 aromatic heterocycles. The van der Waals surface area contributed by atoms with E-state index in [1.54, 1.807) is 6.26 Å². The zero-order valence-electron chi connectivity index (χ0n) is 8.10. The zero-order valence-corrected chi connectivity index (χ0v) is 8.85. The van der Waals surface area contributed by atoms with Gasteiger partial charge in [0, 0.05) is 0 Å². The van der Waals surface area contributed by atoms with Crippen molar-refractivity contribution >= 4 is 11.6 Å². The molecule has 0 saturated heterocycles. The molecule has 0 amide bonds. The summed E-state index contributed by atoms with van der Waals surface area (Å²) in [6.07, 6.45) is 3.45. The highest BCUT2D eigenvalue weighted by Gasteiger charge is 2.02. The monoisotopic (exact) mass is 196 g/mol.